The van der Waals surface area contributed by atoms with Crippen LogP contribution in [0.1, 0.15) is 50.9 Å². The molecular formula is C18H19Br3F4N6O. The third-order valence-corrected chi connectivity index (χ3v) is 5.07. The van der Waals surface area contributed by atoms with Crippen LogP contribution < -0.4 is 4.74 Å². The molecule has 176 valence electrons. The van der Waals surface area contributed by atoms with Crippen molar-refractivity contribution in [1.29, 1.82) is 0 Å². The second-order valence-corrected chi connectivity index (χ2v) is 9.22. The lowest BCUT2D eigenvalue weighted by atomic mass is 10.1. The summed E-state index contributed by atoms with van der Waals surface area (Å²) in [4.78, 5) is 7.96. The second kappa shape index (κ2) is 10.6. The van der Waals surface area contributed by atoms with E-state index in [1.807, 2.05) is 27.7 Å². The molecule has 0 saturated heterocycles. The van der Waals surface area contributed by atoms with Gasteiger partial charge in [-0.25, -0.2) is 13.8 Å². The van der Waals surface area contributed by atoms with Gasteiger partial charge in [0.1, 0.15) is 11.6 Å². The number of aryl methyl sites for hydroxylation is 1. The highest BCUT2D eigenvalue weighted by Gasteiger charge is 2.35. The minimum Gasteiger partial charge on any atom is -0.424 e. The summed E-state index contributed by atoms with van der Waals surface area (Å²) >= 11 is 9.53. The fourth-order valence-corrected chi connectivity index (χ4v) is 3.96. The molecule has 7 nitrogen and oxygen atoms in total. The summed E-state index contributed by atoms with van der Waals surface area (Å²) in [7, 11) is 0. The van der Waals surface area contributed by atoms with Crippen LogP contribution in [0.5, 0.6) is 11.8 Å². The van der Waals surface area contributed by atoms with Crippen molar-refractivity contribution in [2.45, 2.75) is 52.9 Å². The Bertz CT molecular complexity index is 1080. The van der Waals surface area contributed by atoms with Gasteiger partial charge in [0.05, 0.1) is 11.6 Å². The summed E-state index contributed by atoms with van der Waals surface area (Å²) in [5, 5.41) is 8.10. The minimum absolute atomic E-state index is 0.0148. The molecule has 0 saturated carbocycles. The number of ether oxygens (including phenoxy) is 1. The molecule has 32 heavy (non-hydrogen) atoms. The number of hydrogen-bond acceptors (Lipinski definition) is 5. The van der Waals surface area contributed by atoms with Crippen molar-refractivity contribution in [1.82, 2.24) is 29.5 Å². The Morgan fingerprint density at radius 2 is 1.44 bits per heavy atom. The topological polar surface area (TPSA) is 70.7 Å². The zero-order chi connectivity index (χ0) is 24.4. The van der Waals surface area contributed by atoms with Crippen molar-refractivity contribution >= 4 is 47.8 Å². The molecule has 0 spiro atoms. The van der Waals surface area contributed by atoms with Crippen molar-refractivity contribution in [2.24, 2.45) is 0 Å². The molecule has 3 aromatic rings. The van der Waals surface area contributed by atoms with E-state index in [4.69, 9.17) is 4.74 Å². The molecule has 0 atom stereocenters. The summed E-state index contributed by atoms with van der Waals surface area (Å²) in [6.45, 7) is 8.95. The molecule has 0 N–H and O–H groups in total. The van der Waals surface area contributed by atoms with Crippen LogP contribution in [0.3, 0.4) is 0 Å². The number of alkyl halides is 3. The molecule has 14 heteroatoms. The quantitative estimate of drug-likeness (QED) is 0.278. The summed E-state index contributed by atoms with van der Waals surface area (Å²) in [5.74, 6) is -1.47. The molecule has 0 amide bonds. The molecule has 0 bridgehead atoms. The number of hydrogen-bond donors (Lipinski definition) is 0. The minimum atomic E-state index is -4.81. The van der Waals surface area contributed by atoms with Crippen molar-refractivity contribution in [3.8, 4) is 11.8 Å². The highest BCUT2D eigenvalue weighted by Crippen LogP contribution is 2.36. The predicted molar refractivity (Wildman–Crippen MR) is 120 cm³/mol. The molecule has 0 aliphatic carbocycles. The van der Waals surface area contributed by atoms with Gasteiger partial charge in [-0.1, -0.05) is 0 Å². The van der Waals surface area contributed by atoms with Crippen molar-refractivity contribution in [2.75, 3.05) is 0 Å². The van der Waals surface area contributed by atoms with Gasteiger partial charge in [0.2, 0.25) is 9.47 Å². The average Bonchev–Trinajstić information content (AvgIpc) is 3.19. The number of nitrogens with zero attached hydrogens (tertiary/aromatic N) is 6. The Morgan fingerprint density at radius 3 is 1.88 bits per heavy atom. The maximum Gasteiger partial charge on any atom is 0.419 e. The molecule has 2 heterocycles. The highest BCUT2D eigenvalue weighted by molar-refractivity contribution is 9.11. The fraction of sp³-hybridized carbons (Fsp3) is 0.444. The van der Waals surface area contributed by atoms with Gasteiger partial charge < -0.3 is 4.74 Å². The summed E-state index contributed by atoms with van der Waals surface area (Å²) in [5.41, 5.74) is -1.54. The lowest BCUT2D eigenvalue weighted by Crippen LogP contribution is -2.10. The van der Waals surface area contributed by atoms with Crippen LogP contribution in [-0.4, -0.2) is 29.5 Å². The first-order valence-electron chi connectivity index (χ1n) is 9.15. The first kappa shape index (κ1) is 26.7. The Labute approximate surface area is 207 Å². The molecule has 1 aromatic carbocycles. The van der Waals surface area contributed by atoms with Crippen LogP contribution >= 0.6 is 47.8 Å². The van der Waals surface area contributed by atoms with Crippen molar-refractivity contribution in [3.63, 3.8) is 0 Å². The number of rotatable bonds is 4. The van der Waals surface area contributed by atoms with E-state index in [1.54, 1.807) is 4.68 Å². The summed E-state index contributed by atoms with van der Waals surface area (Å²) in [6.07, 6.45) is -4.81. The molecule has 0 aliphatic heterocycles. The lowest BCUT2D eigenvalue weighted by molar-refractivity contribution is -0.140. The largest absolute Gasteiger partial charge is 0.424 e. The highest BCUT2D eigenvalue weighted by atomic mass is 79.9. The van der Waals surface area contributed by atoms with Crippen LogP contribution in [0.25, 0.3) is 0 Å². The Balaban J connectivity index is 0.000000303. The standard InChI is InChI=1S/C13H12BrF4N3O.C5H7Br2N3/c1-6(2)21-12(19-11(14)20-21)22-8-4-7(3)10(15)9(5-8)13(16,17)18;1-3(2)10-5(7)8-4(6)9-10/h4-6H,1-3H3;3H,1-2H3. The van der Waals surface area contributed by atoms with Gasteiger partial charge in [-0.05, 0) is 100 Å². The molecule has 0 fully saturated rings. The third-order valence-electron chi connectivity index (χ3n) is 3.86. The average molecular weight is 651 g/mol. The maximum absolute atomic E-state index is 13.6. The van der Waals surface area contributed by atoms with Crippen LogP contribution in [-0.2, 0) is 6.18 Å². The molecule has 0 aliphatic rings. The van der Waals surface area contributed by atoms with Crippen molar-refractivity contribution in [3.05, 3.63) is 43.3 Å². The second-order valence-electron chi connectivity index (χ2n) is 7.09. The maximum atomic E-state index is 13.6. The first-order valence-corrected chi connectivity index (χ1v) is 11.5. The summed E-state index contributed by atoms with van der Waals surface area (Å²) in [6, 6.07) is 2.03. The smallest absolute Gasteiger partial charge is 0.419 e. The van der Waals surface area contributed by atoms with E-state index < -0.39 is 17.6 Å². The Hall–Kier alpha value is -1.54. The van der Waals surface area contributed by atoms with Gasteiger partial charge >= 0.3 is 12.2 Å². The van der Waals surface area contributed by atoms with Crippen LogP contribution in [0, 0.1) is 12.7 Å². The van der Waals surface area contributed by atoms with Gasteiger partial charge in [-0.15, -0.1) is 10.2 Å². The third kappa shape index (κ3) is 6.73. The molecular weight excluding hydrogens is 632 g/mol. The van der Waals surface area contributed by atoms with E-state index in [2.05, 4.69) is 68.0 Å². The van der Waals surface area contributed by atoms with E-state index >= 15 is 0 Å². The van der Waals surface area contributed by atoms with E-state index in [0.717, 1.165) is 4.73 Å². The molecule has 0 radical (unpaired) electrons. The molecule has 0 unspecified atom stereocenters. The number of aromatic nitrogens is 6. The van der Waals surface area contributed by atoms with E-state index in [9.17, 15) is 17.6 Å². The molecule has 2 aromatic heterocycles. The van der Waals surface area contributed by atoms with Gasteiger partial charge in [0.15, 0.2) is 4.73 Å². The van der Waals surface area contributed by atoms with Crippen LogP contribution in [0.2, 0.25) is 0 Å². The SMILES string of the molecule is CC(C)n1nc(Br)nc1Br.Cc1cc(Oc2nc(Br)nn2C(C)C)cc(C(F)(F)F)c1F. The van der Waals surface area contributed by atoms with Gasteiger partial charge in [-0.2, -0.15) is 23.1 Å². The molecule has 3 rings (SSSR count). The first-order chi connectivity index (χ1) is 14.7. The van der Waals surface area contributed by atoms with Gasteiger partial charge in [0, 0.05) is 6.04 Å². The summed E-state index contributed by atoms with van der Waals surface area (Å²) < 4.78 is 62.2. The normalized spacial score (nSPS) is 11.7. The monoisotopic (exact) mass is 648 g/mol. The van der Waals surface area contributed by atoms with Gasteiger partial charge in [-0.3, -0.25) is 0 Å². The van der Waals surface area contributed by atoms with Crippen LogP contribution in [0.4, 0.5) is 17.6 Å². The van der Waals surface area contributed by atoms with Crippen molar-refractivity contribution < 1.29 is 22.3 Å². The van der Waals surface area contributed by atoms with Gasteiger partial charge in [0.25, 0.3) is 0 Å². The Kier molecular flexibility index (Phi) is 8.84. The van der Waals surface area contributed by atoms with E-state index in [0.29, 0.717) is 16.8 Å². The fourth-order valence-electron chi connectivity index (χ4n) is 2.41. The van der Waals surface area contributed by atoms with E-state index in [1.165, 1.54) is 17.7 Å². The number of benzene rings is 1. The Morgan fingerprint density at radius 1 is 0.906 bits per heavy atom. The zero-order valence-electron chi connectivity index (χ0n) is 17.5. The predicted octanol–water partition coefficient (Wildman–Crippen LogP) is 7.26. The van der Waals surface area contributed by atoms with Crippen LogP contribution in [0.15, 0.2) is 26.3 Å². The van der Waals surface area contributed by atoms with E-state index in [-0.39, 0.29) is 28.1 Å². The zero-order valence-corrected chi connectivity index (χ0v) is 22.3. The number of halogens is 7. The lowest BCUT2D eigenvalue weighted by Gasteiger charge is -2.14.